The minimum absolute atomic E-state index is 0.144. The Morgan fingerprint density at radius 3 is 2.74 bits per heavy atom. The molecule has 0 radical (unpaired) electrons. The number of fused-ring (bicyclic) bond motifs is 1. The Labute approximate surface area is 154 Å². The van der Waals surface area contributed by atoms with E-state index in [-0.39, 0.29) is 17.9 Å². The third-order valence-electron chi connectivity index (χ3n) is 4.17. The number of rotatable bonds is 4. The highest BCUT2D eigenvalue weighted by molar-refractivity contribution is 5.93. The third-order valence-corrected chi connectivity index (χ3v) is 4.17. The van der Waals surface area contributed by atoms with E-state index in [1.54, 1.807) is 12.1 Å². The second-order valence-electron chi connectivity index (χ2n) is 6.13. The van der Waals surface area contributed by atoms with E-state index in [0.29, 0.717) is 5.69 Å². The van der Waals surface area contributed by atoms with Gasteiger partial charge in [0.1, 0.15) is 17.3 Å². The van der Waals surface area contributed by atoms with Crippen LogP contribution in [0.1, 0.15) is 5.56 Å². The van der Waals surface area contributed by atoms with Crippen LogP contribution in [-0.4, -0.2) is 15.3 Å². The van der Waals surface area contributed by atoms with Crippen molar-refractivity contribution in [2.45, 2.75) is 6.42 Å². The van der Waals surface area contributed by atoms with Gasteiger partial charge in [-0.15, -0.1) is 0 Å². The Balaban J connectivity index is 1.53. The summed E-state index contributed by atoms with van der Waals surface area (Å²) in [4.78, 5) is 16.8. The molecule has 1 amide bonds. The number of aromatic nitrogens is 2. The summed E-state index contributed by atoms with van der Waals surface area (Å²) in [6.45, 7) is 0. The summed E-state index contributed by atoms with van der Waals surface area (Å²) in [5, 5.41) is 2.74. The Morgan fingerprint density at radius 1 is 1.04 bits per heavy atom. The summed E-state index contributed by atoms with van der Waals surface area (Å²) in [5.74, 6) is -1.78. The maximum Gasteiger partial charge on any atom is 0.228 e. The zero-order valence-electron chi connectivity index (χ0n) is 14.2. The molecule has 2 heterocycles. The van der Waals surface area contributed by atoms with Crippen molar-refractivity contribution in [3.05, 3.63) is 90.3 Å². The molecule has 0 saturated carbocycles. The lowest BCUT2D eigenvalue weighted by Gasteiger charge is -2.07. The van der Waals surface area contributed by atoms with Crippen LogP contribution in [0.25, 0.3) is 16.9 Å². The lowest BCUT2D eigenvalue weighted by atomic mass is 10.1. The first-order valence-electron chi connectivity index (χ1n) is 8.36. The molecular formula is C21H15F2N3O. The molecule has 4 nitrogen and oxygen atoms in total. The lowest BCUT2D eigenvalue weighted by Crippen LogP contribution is -2.15. The molecule has 0 atom stereocenters. The van der Waals surface area contributed by atoms with Crippen LogP contribution in [0.15, 0.2) is 73.1 Å². The number of nitrogens with one attached hydrogen (secondary N) is 1. The van der Waals surface area contributed by atoms with Crippen LogP contribution in [0.3, 0.4) is 0 Å². The molecule has 0 fully saturated rings. The van der Waals surface area contributed by atoms with Gasteiger partial charge in [0.2, 0.25) is 5.91 Å². The third kappa shape index (κ3) is 3.69. The van der Waals surface area contributed by atoms with E-state index >= 15 is 0 Å². The van der Waals surface area contributed by atoms with Crippen LogP contribution >= 0.6 is 0 Å². The number of carbonyl (C=O) groups is 1. The van der Waals surface area contributed by atoms with Gasteiger partial charge in [0, 0.05) is 29.7 Å². The fraction of sp³-hybridized carbons (Fsp3) is 0.0476. The van der Waals surface area contributed by atoms with Crippen molar-refractivity contribution in [3.63, 3.8) is 0 Å². The molecule has 2 aromatic carbocycles. The molecular weight excluding hydrogens is 348 g/mol. The average Bonchev–Trinajstić information content (AvgIpc) is 3.08. The van der Waals surface area contributed by atoms with Crippen molar-refractivity contribution >= 4 is 17.2 Å². The highest BCUT2D eigenvalue weighted by atomic mass is 19.1. The van der Waals surface area contributed by atoms with Crippen LogP contribution in [0.4, 0.5) is 14.5 Å². The molecule has 0 spiro atoms. The van der Waals surface area contributed by atoms with Crippen molar-refractivity contribution in [2.24, 2.45) is 0 Å². The van der Waals surface area contributed by atoms with Crippen molar-refractivity contribution in [1.82, 2.24) is 9.38 Å². The van der Waals surface area contributed by atoms with E-state index in [1.165, 1.54) is 6.07 Å². The molecule has 27 heavy (non-hydrogen) atoms. The smallest absolute Gasteiger partial charge is 0.228 e. The van der Waals surface area contributed by atoms with Crippen LogP contribution < -0.4 is 5.32 Å². The molecule has 4 aromatic rings. The topological polar surface area (TPSA) is 46.4 Å². The summed E-state index contributed by atoms with van der Waals surface area (Å²) in [6.07, 6.45) is 3.64. The summed E-state index contributed by atoms with van der Waals surface area (Å²) in [6, 6.07) is 16.2. The fourth-order valence-corrected chi connectivity index (χ4v) is 2.87. The second-order valence-corrected chi connectivity index (χ2v) is 6.13. The number of hydrogen-bond acceptors (Lipinski definition) is 2. The second kappa shape index (κ2) is 6.99. The summed E-state index contributed by atoms with van der Waals surface area (Å²) in [7, 11) is 0. The van der Waals surface area contributed by atoms with E-state index in [1.807, 2.05) is 47.1 Å². The zero-order chi connectivity index (χ0) is 18.8. The molecule has 6 heteroatoms. The molecule has 1 N–H and O–H groups in total. The van der Waals surface area contributed by atoms with Gasteiger partial charge in [-0.05, 0) is 35.9 Å². The predicted molar refractivity (Wildman–Crippen MR) is 99.3 cm³/mol. The number of halogens is 2. The zero-order valence-corrected chi connectivity index (χ0v) is 14.2. The van der Waals surface area contributed by atoms with Crippen molar-refractivity contribution < 1.29 is 13.6 Å². The number of anilines is 1. The van der Waals surface area contributed by atoms with Gasteiger partial charge in [0.05, 0.1) is 12.1 Å². The normalized spacial score (nSPS) is 10.9. The van der Waals surface area contributed by atoms with E-state index in [9.17, 15) is 13.6 Å². The van der Waals surface area contributed by atoms with E-state index in [0.717, 1.165) is 29.0 Å². The van der Waals surface area contributed by atoms with Gasteiger partial charge < -0.3 is 9.72 Å². The number of amides is 1. The standard InChI is InChI=1S/C21H15F2N3O/c22-16-8-7-14(18(23)12-16)11-21(27)24-17-5-3-4-15(10-17)19-13-26-9-2-1-6-20(26)25-19/h1-10,12-13H,11H2,(H,24,27). The molecule has 0 saturated heterocycles. The quantitative estimate of drug-likeness (QED) is 0.582. The first-order chi connectivity index (χ1) is 13.1. The number of pyridine rings is 1. The molecule has 2 aromatic heterocycles. The van der Waals surface area contributed by atoms with Crippen molar-refractivity contribution in [3.8, 4) is 11.3 Å². The summed E-state index contributed by atoms with van der Waals surface area (Å²) < 4.78 is 28.6. The van der Waals surface area contributed by atoms with Gasteiger partial charge in [-0.2, -0.15) is 0 Å². The lowest BCUT2D eigenvalue weighted by molar-refractivity contribution is -0.115. The van der Waals surface area contributed by atoms with E-state index in [4.69, 9.17) is 0 Å². The highest BCUT2D eigenvalue weighted by Gasteiger charge is 2.11. The maximum absolute atomic E-state index is 13.7. The molecule has 0 aliphatic carbocycles. The number of carbonyl (C=O) groups excluding carboxylic acids is 1. The van der Waals surface area contributed by atoms with Gasteiger partial charge in [0.15, 0.2) is 0 Å². The van der Waals surface area contributed by atoms with Crippen LogP contribution in [0.2, 0.25) is 0 Å². The number of benzene rings is 2. The Hall–Kier alpha value is -3.54. The Morgan fingerprint density at radius 2 is 1.93 bits per heavy atom. The van der Waals surface area contributed by atoms with Crippen LogP contribution in [0, 0.1) is 11.6 Å². The van der Waals surface area contributed by atoms with Crippen molar-refractivity contribution in [1.29, 1.82) is 0 Å². The minimum Gasteiger partial charge on any atom is -0.326 e. The van der Waals surface area contributed by atoms with Crippen LogP contribution in [-0.2, 0) is 11.2 Å². The van der Waals surface area contributed by atoms with Gasteiger partial charge >= 0.3 is 0 Å². The minimum atomic E-state index is -0.733. The predicted octanol–water partition coefficient (Wildman–Crippen LogP) is 4.46. The summed E-state index contributed by atoms with van der Waals surface area (Å²) >= 11 is 0. The number of imidazole rings is 1. The molecule has 134 valence electrons. The molecule has 0 aliphatic heterocycles. The molecule has 4 rings (SSSR count). The van der Waals surface area contributed by atoms with Gasteiger partial charge in [-0.1, -0.05) is 24.3 Å². The first-order valence-corrected chi connectivity index (χ1v) is 8.36. The van der Waals surface area contributed by atoms with E-state index < -0.39 is 11.6 Å². The molecule has 0 unspecified atom stereocenters. The van der Waals surface area contributed by atoms with E-state index in [2.05, 4.69) is 10.3 Å². The first kappa shape index (κ1) is 16.9. The molecule has 0 aliphatic rings. The highest BCUT2D eigenvalue weighted by Crippen LogP contribution is 2.22. The van der Waals surface area contributed by atoms with Crippen LogP contribution in [0.5, 0.6) is 0 Å². The Bertz CT molecular complexity index is 1100. The van der Waals surface area contributed by atoms with Gasteiger partial charge in [0.25, 0.3) is 0 Å². The Kier molecular flexibility index (Phi) is 4.38. The SMILES string of the molecule is O=C(Cc1ccc(F)cc1F)Nc1cccc(-c2cn3ccccc3n2)c1. The summed E-state index contributed by atoms with van der Waals surface area (Å²) in [5.41, 5.74) is 3.18. The molecule has 0 bridgehead atoms. The monoisotopic (exact) mass is 363 g/mol. The van der Waals surface area contributed by atoms with Crippen molar-refractivity contribution in [2.75, 3.05) is 5.32 Å². The number of nitrogens with zero attached hydrogens (tertiary/aromatic N) is 2. The number of hydrogen-bond donors (Lipinski definition) is 1. The van der Waals surface area contributed by atoms with Gasteiger partial charge in [-0.25, -0.2) is 13.8 Å². The fourth-order valence-electron chi connectivity index (χ4n) is 2.87. The average molecular weight is 363 g/mol. The maximum atomic E-state index is 13.7. The van der Waals surface area contributed by atoms with Gasteiger partial charge in [-0.3, -0.25) is 4.79 Å². The largest absolute Gasteiger partial charge is 0.326 e.